The summed E-state index contributed by atoms with van der Waals surface area (Å²) in [6.45, 7) is 0. The molecule has 0 spiro atoms. The van der Waals surface area contributed by atoms with Gasteiger partial charge in [-0.05, 0) is 17.5 Å². The minimum Gasteiger partial charge on any atom is -0.433 e. The normalized spacial score (nSPS) is 20.8. The van der Waals surface area contributed by atoms with Crippen molar-refractivity contribution in [3.05, 3.63) is 64.0 Å². The van der Waals surface area contributed by atoms with E-state index in [1.54, 1.807) is 11.3 Å². The van der Waals surface area contributed by atoms with Crippen molar-refractivity contribution in [3.63, 3.8) is 0 Å². The molecule has 90 valence electrons. The van der Waals surface area contributed by atoms with Gasteiger partial charge in [-0.3, -0.25) is 0 Å². The van der Waals surface area contributed by atoms with E-state index in [0.29, 0.717) is 5.70 Å². The van der Waals surface area contributed by atoms with Crippen LogP contribution in [-0.2, 0) is 9.53 Å². The van der Waals surface area contributed by atoms with Crippen LogP contribution >= 0.6 is 11.3 Å². The Labute approximate surface area is 109 Å². The number of hydrogen-bond acceptors (Lipinski definition) is 4. The van der Waals surface area contributed by atoms with Crippen LogP contribution in [0.3, 0.4) is 0 Å². The van der Waals surface area contributed by atoms with Crippen molar-refractivity contribution in [2.45, 2.75) is 6.23 Å². The number of benzene rings is 1. The van der Waals surface area contributed by atoms with Crippen molar-refractivity contribution in [1.82, 2.24) is 5.32 Å². The molecule has 1 aromatic heterocycles. The maximum atomic E-state index is 11.7. The molecule has 0 amide bonds. The van der Waals surface area contributed by atoms with Crippen LogP contribution in [0.1, 0.15) is 16.7 Å². The predicted molar refractivity (Wildman–Crippen MR) is 70.7 cm³/mol. The van der Waals surface area contributed by atoms with Gasteiger partial charge in [-0.2, -0.15) is 0 Å². The molecule has 2 aromatic rings. The maximum Gasteiger partial charge on any atom is 0.356 e. The summed E-state index contributed by atoms with van der Waals surface area (Å²) < 4.78 is 5.30. The lowest BCUT2D eigenvalue weighted by Crippen LogP contribution is -2.12. The van der Waals surface area contributed by atoms with Gasteiger partial charge in [0.25, 0.3) is 0 Å². The maximum absolute atomic E-state index is 11.7. The summed E-state index contributed by atoms with van der Waals surface area (Å²) in [6.07, 6.45) is 1.43. The van der Waals surface area contributed by atoms with Gasteiger partial charge in [-0.25, -0.2) is 4.79 Å². The van der Waals surface area contributed by atoms with Crippen molar-refractivity contribution in [2.24, 2.45) is 0 Å². The average molecular weight is 257 g/mol. The SMILES string of the molecule is O=C1OC(c2ccccc2)NC1=Cc1cccs1. The summed E-state index contributed by atoms with van der Waals surface area (Å²) in [5.74, 6) is -0.308. The highest BCUT2D eigenvalue weighted by Gasteiger charge is 2.28. The van der Waals surface area contributed by atoms with Gasteiger partial charge in [0.15, 0.2) is 6.23 Å². The molecule has 0 bridgehead atoms. The van der Waals surface area contributed by atoms with Gasteiger partial charge in [0.1, 0.15) is 5.70 Å². The average Bonchev–Trinajstić information content (AvgIpc) is 3.02. The Morgan fingerprint density at radius 2 is 2.00 bits per heavy atom. The molecule has 1 saturated heterocycles. The lowest BCUT2D eigenvalue weighted by atomic mass is 10.2. The van der Waals surface area contributed by atoms with E-state index in [1.165, 1.54) is 0 Å². The van der Waals surface area contributed by atoms with Gasteiger partial charge < -0.3 is 10.1 Å². The molecule has 0 aliphatic carbocycles. The third-order valence-corrected chi connectivity index (χ3v) is 3.48. The monoisotopic (exact) mass is 257 g/mol. The first-order valence-corrected chi connectivity index (χ1v) is 6.48. The topological polar surface area (TPSA) is 38.3 Å². The number of carbonyl (C=O) groups excluding carboxylic acids is 1. The first-order chi connectivity index (χ1) is 8.83. The van der Waals surface area contributed by atoms with Crippen LogP contribution < -0.4 is 5.32 Å². The second kappa shape index (κ2) is 4.66. The summed E-state index contributed by atoms with van der Waals surface area (Å²) in [7, 11) is 0. The fourth-order valence-electron chi connectivity index (χ4n) is 1.80. The molecular weight excluding hydrogens is 246 g/mol. The van der Waals surface area contributed by atoms with Crippen molar-refractivity contribution in [3.8, 4) is 0 Å². The minimum absolute atomic E-state index is 0.308. The quantitative estimate of drug-likeness (QED) is 0.664. The third-order valence-electron chi connectivity index (χ3n) is 2.66. The van der Waals surface area contributed by atoms with E-state index in [4.69, 9.17) is 4.74 Å². The second-order valence-corrected chi connectivity index (χ2v) is 4.89. The van der Waals surface area contributed by atoms with Crippen molar-refractivity contribution in [2.75, 3.05) is 0 Å². The Bertz CT molecular complexity index is 575. The summed E-state index contributed by atoms with van der Waals surface area (Å²) in [5.41, 5.74) is 1.45. The number of cyclic esters (lactones) is 1. The van der Waals surface area contributed by atoms with Gasteiger partial charge in [0, 0.05) is 10.4 Å². The van der Waals surface area contributed by atoms with E-state index < -0.39 is 0 Å². The lowest BCUT2D eigenvalue weighted by molar-refractivity contribution is -0.139. The van der Waals surface area contributed by atoms with E-state index in [1.807, 2.05) is 53.9 Å². The fraction of sp³-hybridized carbons (Fsp3) is 0.0714. The van der Waals surface area contributed by atoms with Gasteiger partial charge in [-0.1, -0.05) is 36.4 Å². The summed E-state index contributed by atoms with van der Waals surface area (Å²) >= 11 is 1.58. The molecule has 0 saturated carbocycles. The number of thiophene rings is 1. The van der Waals surface area contributed by atoms with Crippen LogP contribution in [0.2, 0.25) is 0 Å². The molecule has 1 unspecified atom stereocenters. The standard InChI is InChI=1S/C14H11NO2S/c16-14-12(9-11-7-4-8-18-11)15-13(17-14)10-5-2-1-3-6-10/h1-9,13,15H. The van der Waals surface area contributed by atoms with Gasteiger partial charge in [0.2, 0.25) is 0 Å². The third kappa shape index (κ3) is 2.15. The Hall–Kier alpha value is -2.07. The highest BCUT2D eigenvalue weighted by atomic mass is 32.1. The van der Waals surface area contributed by atoms with Crippen LogP contribution in [0, 0.1) is 0 Å². The Balaban J connectivity index is 1.83. The number of nitrogens with one attached hydrogen (secondary N) is 1. The smallest absolute Gasteiger partial charge is 0.356 e. The molecule has 18 heavy (non-hydrogen) atoms. The molecule has 1 fully saturated rings. The molecule has 0 radical (unpaired) electrons. The first-order valence-electron chi connectivity index (χ1n) is 5.60. The van der Waals surface area contributed by atoms with E-state index in [2.05, 4.69) is 5.32 Å². The molecule has 1 atom stereocenters. The Morgan fingerprint density at radius 1 is 1.17 bits per heavy atom. The molecule has 1 aliphatic heterocycles. The van der Waals surface area contributed by atoms with Gasteiger partial charge >= 0.3 is 5.97 Å². The Morgan fingerprint density at radius 3 is 2.72 bits per heavy atom. The van der Waals surface area contributed by atoms with Crippen molar-refractivity contribution in [1.29, 1.82) is 0 Å². The molecule has 1 aliphatic rings. The zero-order chi connectivity index (χ0) is 12.4. The van der Waals surface area contributed by atoms with Crippen LogP contribution in [0.15, 0.2) is 53.5 Å². The molecule has 3 rings (SSSR count). The largest absolute Gasteiger partial charge is 0.433 e. The van der Waals surface area contributed by atoms with Crippen LogP contribution in [0.25, 0.3) is 6.08 Å². The lowest BCUT2D eigenvalue weighted by Gasteiger charge is -2.08. The fourth-order valence-corrected chi connectivity index (χ4v) is 2.45. The number of rotatable bonds is 2. The minimum atomic E-state index is -0.384. The van der Waals surface area contributed by atoms with E-state index in [9.17, 15) is 4.79 Å². The highest BCUT2D eigenvalue weighted by molar-refractivity contribution is 7.10. The first kappa shape index (κ1) is 11.0. The molecule has 1 N–H and O–H groups in total. The molecule has 1 aromatic carbocycles. The molecule has 2 heterocycles. The van der Waals surface area contributed by atoms with E-state index >= 15 is 0 Å². The number of ether oxygens (including phenoxy) is 1. The zero-order valence-corrected chi connectivity index (χ0v) is 10.3. The van der Waals surface area contributed by atoms with Crippen LogP contribution in [-0.4, -0.2) is 5.97 Å². The van der Waals surface area contributed by atoms with Crippen LogP contribution in [0.5, 0.6) is 0 Å². The molecule has 4 heteroatoms. The summed E-state index contributed by atoms with van der Waals surface area (Å²) in [5, 5.41) is 5.06. The number of hydrogen-bond donors (Lipinski definition) is 1. The highest BCUT2D eigenvalue weighted by Crippen LogP contribution is 2.25. The number of carbonyl (C=O) groups is 1. The van der Waals surface area contributed by atoms with Crippen molar-refractivity contribution < 1.29 is 9.53 Å². The zero-order valence-electron chi connectivity index (χ0n) is 9.50. The van der Waals surface area contributed by atoms with E-state index in [-0.39, 0.29) is 12.2 Å². The Kier molecular flexibility index (Phi) is 2.86. The van der Waals surface area contributed by atoms with E-state index in [0.717, 1.165) is 10.4 Å². The second-order valence-electron chi connectivity index (χ2n) is 3.91. The summed E-state index contributed by atoms with van der Waals surface area (Å²) in [4.78, 5) is 12.8. The van der Waals surface area contributed by atoms with Gasteiger partial charge in [0.05, 0.1) is 0 Å². The van der Waals surface area contributed by atoms with Crippen LogP contribution in [0.4, 0.5) is 0 Å². The number of esters is 1. The predicted octanol–water partition coefficient (Wildman–Crippen LogP) is 2.93. The molecule has 3 nitrogen and oxygen atoms in total. The summed E-state index contributed by atoms with van der Waals surface area (Å²) in [6, 6.07) is 13.5. The van der Waals surface area contributed by atoms with Crippen molar-refractivity contribution >= 4 is 23.4 Å². The van der Waals surface area contributed by atoms with Gasteiger partial charge in [-0.15, -0.1) is 11.3 Å². The molecular formula is C14H11NO2S.